The van der Waals surface area contributed by atoms with Crippen molar-refractivity contribution < 1.29 is 23.4 Å². The van der Waals surface area contributed by atoms with E-state index in [1.54, 1.807) is 11.4 Å². The molecule has 17 heavy (non-hydrogen) atoms. The summed E-state index contributed by atoms with van der Waals surface area (Å²) in [5.41, 5.74) is 0. The molecule has 0 spiro atoms. The summed E-state index contributed by atoms with van der Waals surface area (Å²) in [5.74, 6) is -1.23. The van der Waals surface area contributed by atoms with Crippen LogP contribution in [-0.2, 0) is 14.8 Å². The third kappa shape index (κ3) is 2.21. The molecular formula is C9H11NO5S2. The molecule has 1 aliphatic heterocycles. The molecule has 2 atom stereocenters. The van der Waals surface area contributed by atoms with Crippen LogP contribution in [0.2, 0.25) is 0 Å². The molecule has 1 aromatic rings. The van der Waals surface area contributed by atoms with E-state index in [4.69, 9.17) is 5.11 Å². The Hall–Kier alpha value is -0.960. The van der Waals surface area contributed by atoms with Crippen LogP contribution in [0.1, 0.15) is 6.42 Å². The lowest BCUT2D eigenvalue weighted by Gasteiger charge is -2.19. The lowest BCUT2D eigenvalue weighted by Crippen LogP contribution is -2.40. The van der Waals surface area contributed by atoms with Gasteiger partial charge in [-0.15, -0.1) is 11.3 Å². The SMILES string of the molecule is O=C(O)[C@@H]1CC(O)CN1S(=O)(=O)c1cccs1. The van der Waals surface area contributed by atoms with Crippen LogP contribution in [0.4, 0.5) is 0 Å². The second-order valence-electron chi connectivity index (χ2n) is 3.75. The number of thiophene rings is 1. The molecule has 2 N–H and O–H groups in total. The number of hydrogen-bond donors (Lipinski definition) is 2. The fourth-order valence-electron chi connectivity index (χ4n) is 1.80. The van der Waals surface area contributed by atoms with Gasteiger partial charge in [0.25, 0.3) is 10.0 Å². The highest BCUT2D eigenvalue weighted by Crippen LogP contribution is 2.28. The number of aliphatic hydroxyl groups is 1. The topological polar surface area (TPSA) is 94.9 Å². The van der Waals surface area contributed by atoms with E-state index in [1.165, 1.54) is 6.07 Å². The number of rotatable bonds is 3. The maximum atomic E-state index is 12.1. The molecule has 6 nitrogen and oxygen atoms in total. The second kappa shape index (κ2) is 4.37. The van der Waals surface area contributed by atoms with Gasteiger partial charge >= 0.3 is 5.97 Å². The van der Waals surface area contributed by atoms with Gasteiger partial charge in [0.05, 0.1) is 6.10 Å². The smallest absolute Gasteiger partial charge is 0.322 e. The summed E-state index contributed by atoms with van der Waals surface area (Å²) >= 11 is 1.03. The van der Waals surface area contributed by atoms with Gasteiger partial charge in [-0.25, -0.2) is 8.42 Å². The van der Waals surface area contributed by atoms with Crippen LogP contribution in [0.5, 0.6) is 0 Å². The maximum Gasteiger partial charge on any atom is 0.322 e. The first-order valence-electron chi connectivity index (χ1n) is 4.89. The van der Waals surface area contributed by atoms with Crippen molar-refractivity contribution >= 4 is 27.3 Å². The van der Waals surface area contributed by atoms with E-state index < -0.39 is 28.1 Å². The first kappa shape index (κ1) is 12.5. The van der Waals surface area contributed by atoms with Crippen LogP contribution in [0.25, 0.3) is 0 Å². The highest BCUT2D eigenvalue weighted by molar-refractivity contribution is 7.91. The van der Waals surface area contributed by atoms with Gasteiger partial charge in [0.15, 0.2) is 0 Å². The van der Waals surface area contributed by atoms with E-state index in [2.05, 4.69) is 0 Å². The van der Waals surface area contributed by atoms with Gasteiger partial charge in [-0.2, -0.15) is 4.31 Å². The van der Waals surface area contributed by atoms with Crippen LogP contribution in [0, 0.1) is 0 Å². The molecule has 1 saturated heterocycles. The van der Waals surface area contributed by atoms with E-state index >= 15 is 0 Å². The van der Waals surface area contributed by atoms with Crippen LogP contribution in [0.15, 0.2) is 21.7 Å². The number of hydrogen-bond acceptors (Lipinski definition) is 5. The predicted octanol–water partition coefficient (Wildman–Crippen LogP) is -0.0434. The van der Waals surface area contributed by atoms with E-state index in [-0.39, 0.29) is 17.2 Å². The third-order valence-electron chi connectivity index (χ3n) is 2.58. The number of aliphatic carboxylic acids is 1. The molecule has 1 unspecified atom stereocenters. The molecule has 1 fully saturated rings. The molecule has 2 rings (SSSR count). The van der Waals surface area contributed by atoms with Gasteiger partial charge in [0, 0.05) is 13.0 Å². The van der Waals surface area contributed by atoms with Gasteiger partial charge in [-0.3, -0.25) is 4.79 Å². The van der Waals surface area contributed by atoms with Crippen LogP contribution >= 0.6 is 11.3 Å². The summed E-state index contributed by atoms with van der Waals surface area (Å²) in [5, 5.41) is 20.0. The maximum absolute atomic E-state index is 12.1. The largest absolute Gasteiger partial charge is 0.480 e. The number of aliphatic hydroxyl groups excluding tert-OH is 1. The van der Waals surface area contributed by atoms with Crippen molar-refractivity contribution in [3.63, 3.8) is 0 Å². The molecule has 0 aromatic carbocycles. The summed E-state index contributed by atoms with van der Waals surface area (Å²) in [6.07, 6.45) is -0.995. The van der Waals surface area contributed by atoms with Crippen molar-refractivity contribution in [3.05, 3.63) is 17.5 Å². The molecule has 0 bridgehead atoms. The third-order valence-corrected chi connectivity index (χ3v) is 5.82. The predicted molar refractivity (Wildman–Crippen MR) is 60.3 cm³/mol. The molecule has 8 heteroatoms. The lowest BCUT2D eigenvalue weighted by molar-refractivity contribution is -0.140. The Kier molecular flexibility index (Phi) is 3.21. The van der Waals surface area contributed by atoms with E-state index in [0.717, 1.165) is 15.6 Å². The monoisotopic (exact) mass is 277 g/mol. The second-order valence-corrected chi connectivity index (χ2v) is 6.82. The summed E-state index contributed by atoms with van der Waals surface area (Å²) in [6, 6.07) is 1.82. The zero-order chi connectivity index (χ0) is 12.6. The summed E-state index contributed by atoms with van der Waals surface area (Å²) in [6.45, 7) is -0.169. The molecule has 0 amide bonds. The van der Waals surface area contributed by atoms with Gasteiger partial charge in [0.2, 0.25) is 0 Å². The lowest BCUT2D eigenvalue weighted by atomic mass is 10.2. The van der Waals surface area contributed by atoms with Crippen LogP contribution in [0.3, 0.4) is 0 Å². The molecule has 1 aromatic heterocycles. The number of nitrogens with zero attached hydrogens (tertiary/aromatic N) is 1. The zero-order valence-corrected chi connectivity index (χ0v) is 10.3. The summed E-state index contributed by atoms with van der Waals surface area (Å²) in [4.78, 5) is 11.0. The molecular weight excluding hydrogens is 266 g/mol. The minimum Gasteiger partial charge on any atom is -0.480 e. The minimum absolute atomic E-state index is 0.0695. The van der Waals surface area contributed by atoms with Crippen molar-refractivity contribution in [3.8, 4) is 0 Å². The minimum atomic E-state index is -3.81. The fraction of sp³-hybridized carbons (Fsp3) is 0.444. The fourth-order valence-corrected chi connectivity index (χ4v) is 4.55. The molecule has 0 saturated carbocycles. The Labute approximate surface area is 102 Å². The first-order chi connectivity index (χ1) is 7.93. The van der Waals surface area contributed by atoms with E-state index in [9.17, 15) is 18.3 Å². The molecule has 0 aliphatic carbocycles. The normalized spacial score (nSPS) is 26.2. The Bertz CT molecular complexity index is 509. The highest BCUT2D eigenvalue weighted by atomic mass is 32.2. The quantitative estimate of drug-likeness (QED) is 0.808. The van der Waals surface area contributed by atoms with Crippen LogP contribution in [-0.4, -0.2) is 47.6 Å². The Morgan fingerprint density at radius 3 is 2.76 bits per heavy atom. The zero-order valence-electron chi connectivity index (χ0n) is 8.68. The standard InChI is InChI=1S/C9H11NO5S2/c11-6-4-7(9(12)13)10(5-6)17(14,15)8-2-1-3-16-8/h1-3,6-7,11H,4-5H2,(H,12,13)/t6?,7-/m0/s1. The van der Waals surface area contributed by atoms with Crippen molar-refractivity contribution in [2.24, 2.45) is 0 Å². The van der Waals surface area contributed by atoms with Gasteiger partial charge < -0.3 is 10.2 Å². The molecule has 94 valence electrons. The van der Waals surface area contributed by atoms with Crippen LogP contribution < -0.4 is 0 Å². The molecule has 0 radical (unpaired) electrons. The van der Waals surface area contributed by atoms with Crippen molar-refractivity contribution in [1.82, 2.24) is 4.31 Å². The average molecular weight is 277 g/mol. The van der Waals surface area contributed by atoms with Crippen molar-refractivity contribution in [2.45, 2.75) is 22.8 Å². The van der Waals surface area contributed by atoms with Gasteiger partial charge in [-0.1, -0.05) is 6.07 Å². The highest BCUT2D eigenvalue weighted by Gasteiger charge is 2.43. The Balaban J connectivity index is 2.36. The Morgan fingerprint density at radius 2 is 2.24 bits per heavy atom. The number of carboxylic acids is 1. The van der Waals surface area contributed by atoms with E-state index in [0.29, 0.717) is 0 Å². The van der Waals surface area contributed by atoms with Gasteiger partial charge in [0.1, 0.15) is 10.3 Å². The molecule has 1 aliphatic rings. The van der Waals surface area contributed by atoms with E-state index in [1.807, 2.05) is 0 Å². The average Bonchev–Trinajstić information content (AvgIpc) is 2.84. The summed E-state index contributed by atoms with van der Waals surface area (Å²) < 4.78 is 25.2. The number of carbonyl (C=O) groups is 1. The Morgan fingerprint density at radius 1 is 1.53 bits per heavy atom. The molecule has 2 heterocycles. The number of carboxylic acid groups (broad SMARTS) is 1. The van der Waals surface area contributed by atoms with Crippen molar-refractivity contribution in [1.29, 1.82) is 0 Å². The summed E-state index contributed by atoms with van der Waals surface area (Å²) in [7, 11) is -3.81. The number of sulfonamides is 1. The first-order valence-corrected chi connectivity index (χ1v) is 7.21. The number of β-amino-alcohol motifs (C(OH)–C–C–N with tert-alkyl or cyclic N) is 1. The van der Waals surface area contributed by atoms with Crippen molar-refractivity contribution in [2.75, 3.05) is 6.54 Å². The van der Waals surface area contributed by atoms with Gasteiger partial charge in [-0.05, 0) is 11.4 Å².